The molecule has 1 aliphatic rings. The van der Waals surface area contributed by atoms with Gasteiger partial charge < -0.3 is 15.2 Å². The van der Waals surface area contributed by atoms with Crippen LogP contribution in [0.5, 0.6) is 0 Å². The molecule has 0 amide bonds. The van der Waals surface area contributed by atoms with Gasteiger partial charge in [0.05, 0.1) is 6.10 Å². The van der Waals surface area contributed by atoms with Crippen LogP contribution < -0.4 is 5.32 Å². The Kier molecular flexibility index (Phi) is 6.15. The fraction of sp³-hybridized carbons (Fsp3) is 1.00. The van der Waals surface area contributed by atoms with Crippen molar-refractivity contribution in [1.82, 2.24) is 5.32 Å². The Morgan fingerprint density at radius 1 is 1.57 bits per heavy atom. The van der Waals surface area contributed by atoms with E-state index in [0.29, 0.717) is 12.0 Å². The van der Waals surface area contributed by atoms with Gasteiger partial charge in [0, 0.05) is 13.2 Å². The second-order valence-corrected chi connectivity index (χ2v) is 4.27. The second-order valence-electron chi connectivity index (χ2n) is 4.27. The first-order chi connectivity index (χ1) is 6.83. The van der Waals surface area contributed by atoms with E-state index < -0.39 is 0 Å². The lowest BCUT2D eigenvalue weighted by Gasteiger charge is -2.11. The number of hydrogen-bond acceptors (Lipinski definition) is 3. The maximum Gasteiger partial charge on any atom is 0.0576 e. The van der Waals surface area contributed by atoms with Gasteiger partial charge in [0.2, 0.25) is 0 Å². The minimum Gasteiger partial charge on any atom is -0.396 e. The van der Waals surface area contributed by atoms with Crippen LogP contribution in [0.2, 0.25) is 0 Å². The van der Waals surface area contributed by atoms with Crippen LogP contribution in [0, 0.1) is 5.92 Å². The van der Waals surface area contributed by atoms with Crippen molar-refractivity contribution in [2.75, 3.05) is 26.3 Å². The van der Waals surface area contributed by atoms with E-state index in [4.69, 9.17) is 9.84 Å². The largest absolute Gasteiger partial charge is 0.396 e. The molecule has 0 radical (unpaired) electrons. The predicted molar refractivity (Wildman–Crippen MR) is 57.3 cm³/mol. The Morgan fingerprint density at radius 3 is 3.07 bits per heavy atom. The summed E-state index contributed by atoms with van der Waals surface area (Å²) in [4.78, 5) is 0. The quantitative estimate of drug-likeness (QED) is 0.607. The first-order valence-corrected chi connectivity index (χ1v) is 5.76. The van der Waals surface area contributed by atoms with Crippen molar-refractivity contribution in [3.8, 4) is 0 Å². The summed E-state index contributed by atoms with van der Waals surface area (Å²) in [6.45, 7) is 5.25. The van der Waals surface area contributed by atoms with Crippen molar-refractivity contribution in [2.45, 2.75) is 38.7 Å². The van der Waals surface area contributed by atoms with Crippen molar-refractivity contribution < 1.29 is 9.84 Å². The van der Waals surface area contributed by atoms with E-state index in [0.717, 1.165) is 19.7 Å². The molecule has 3 nitrogen and oxygen atoms in total. The molecule has 0 aliphatic carbocycles. The molecule has 84 valence electrons. The molecule has 1 heterocycles. The molecule has 0 aromatic rings. The monoisotopic (exact) mass is 201 g/mol. The van der Waals surface area contributed by atoms with E-state index in [9.17, 15) is 0 Å². The zero-order valence-corrected chi connectivity index (χ0v) is 9.17. The molecule has 2 atom stereocenters. The molecule has 0 bridgehead atoms. The van der Waals surface area contributed by atoms with Crippen LogP contribution in [-0.2, 0) is 4.74 Å². The van der Waals surface area contributed by atoms with Crippen LogP contribution in [-0.4, -0.2) is 37.5 Å². The number of nitrogens with one attached hydrogen (secondary N) is 1. The van der Waals surface area contributed by atoms with Crippen LogP contribution in [0.4, 0.5) is 0 Å². The molecule has 1 rings (SSSR count). The van der Waals surface area contributed by atoms with Gasteiger partial charge >= 0.3 is 0 Å². The van der Waals surface area contributed by atoms with Crippen LogP contribution >= 0.6 is 0 Å². The van der Waals surface area contributed by atoms with E-state index in [-0.39, 0.29) is 6.61 Å². The second kappa shape index (κ2) is 7.21. The van der Waals surface area contributed by atoms with Gasteiger partial charge in [-0.2, -0.15) is 0 Å². The Morgan fingerprint density at radius 2 is 2.43 bits per heavy atom. The Balaban J connectivity index is 1.84. The first-order valence-electron chi connectivity index (χ1n) is 5.76. The van der Waals surface area contributed by atoms with Gasteiger partial charge in [-0.1, -0.05) is 6.92 Å². The van der Waals surface area contributed by atoms with Gasteiger partial charge in [-0.3, -0.25) is 0 Å². The van der Waals surface area contributed by atoms with Crippen LogP contribution in [0.25, 0.3) is 0 Å². The van der Waals surface area contributed by atoms with Crippen molar-refractivity contribution in [3.05, 3.63) is 0 Å². The lowest BCUT2D eigenvalue weighted by molar-refractivity contribution is 0.102. The average Bonchev–Trinajstić information content (AvgIpc) is 2.69. The smallest absolute Gasteiger partial charge is 0.0576 e. The molecule has 2 unspecified atom stereocenters. The molecule has 0 aromatic heterocycles. The third-order valence-electron chi connectivity index (χ3n) is 2.71. The fourth-order valence-corrected chi connectivity index (χ4v) is 1.74. The predicted octanol–water partition coefficient (Wildman–Crippen LogP) is 1.16. The van der Waals surface area contributed by atoms with Crippen LogP contribution in [0.15, 0.2) is 0 Å². The lowest BCUT2D eigenvalue weighted by atomic mass is 10.1. The van der Waals surface area contributed by atoms with Crippen molar-refractivity contribution in [2.24, 2.45) is 5.92 Å². The van der Waals surface area contributed by atoms with Gasteiger partial charge in [-0.05, 0) is 44.7 Å². The fourth-order valence-electron chi connectivity index (χ4n) is 1.74. The molecule has 1 aliphatic heterocycles. The molecule has 2 N–H and O–H groups in total. The maximum absolute atomic E-state index is 8.80. The van der Waals surface area contributed by atoms with Crippen molar-refractivity contribution >= 4 is 0 Å². The normalized spacial score (nSPS) is 24.0. The maximum atomic E-state index is 8.80. The first kappa shape index (κ1) is 12.0. The summed E-state index contributed by atoms with van der Waals surface area (Å²) in [7, 11) is 0. The van der Waals surface area contributed by atoms with Gasteiger partial charge in [0.15, 0.2) is 0 Å². The summed E-state index contributed by atoms with van der Waals surface area (Å²) >= 11 is 0. The average molecular weight is 201 g/mol. The summed E-state index contributed by atoms with van der Waals surface area (Å²) in [6.07, 6.45) is 5.36. The van der Waals surface area contributed by atoms with Crippen LogP contribution in [0.1, 0.15) is 32.6 Å². The van der Waals surface area contributed by atoms with Crippen LogP contribution in [0.3, 0.4) is 0 Å². The lowest BCUT2D eigenvalue weighted by Crippen LogP contribution is -2.24. The third kappa shape index (κ3) is 4.94. The van der Waals surface area contributed by atoms with Crippen molar-refractivity contribution in [3.63, 3.8) is 0 Å². The molecule has 3 heteroatoms. The Hall–Kier alpha value is -0.120. The van der Waals surface area contributed by atoms with E-state index >= 15 is 0 Å². The summed E-state index contributed by atoms with van der Waals surface area (Å²) < 4.78 is 5.53. The highest BCUT2D eigenvalue weighted by Gasteiger charge is 2.14. The molecule has 1 fully saturated rings. The number of aliphatic hydroxyl groups is 1. The molecule has 14 heavy (non-hydrogen) atoms. The molecular formula is C11H23NO2. The highest BCUT2D eigenvalue weighted by atomic mass is 16.5. The summed E-state index contributed by atoms with van der Waals surface area (Å²) in [5.74, 6) is 0.373. The number of rotatable bonds is 7. The summed E-state index contributed by atoms with van der Waals surface area (Å²) in [5, 5.41) is 12.1. The minimum absolute atomic E-state index is 0.277. The van der Waals surface area contributed by atoms with E-state index in [1.54, 1.807) is 0 Å². The summed E-state index contributed by atoms with van der Waals surface area (Å²) in [5.41, 5.74) is 0. The van der Waals surface area contributed by atoms with E-state index in [1.807, 2.05) is 6.92 Å². The molecule has 1 saturated heterocycles. The molecule has 0 aromatic carbocycles. The molecular weight excluding hydrogens is 178 g/mol. The molecule has 0 spiro atoms. The highest BCUT2D eigenvalue weighted by molar-refractivity contribution is 4.65. The van der Waals surface area contributed by atoms with E-state index in [2.05, 4.69) is 5.32 Å². The minimum atomic E-state index is 0.277. The Labute approximate surface area is 86.8 Å². The van der Waals surface area contributed by atoms with E-state index in [1.165, 1.54) is 25.7 Å². The molecule has 0 saturated carbocycles. The standard InChI is InChI=1S/C11H23NO2/c1-10(9-13)8-12-6-2-4-11-5-3-7-14-11/h10-13H,2-9H2,1H3. The zero-order valence-electron chi connectivity index (χ0n) is 9.17. The van der Waals surface area contributed by atoms with Crippen molar-refractivity contribution in [1.29, 1.82) is 0 Å². The van der Waals surface area contributed by atoms with Gasteiger partial charge in [-0.15, -0.1) is 0 Å². The van der Waals surface area contributed by atoms with Gasteiger partial charge in [0.1, 0.15) is 0 Å². The number of aliphatic hydroxyl groups excluding tert-OH is 1. The van der Waals surface area contributed by atoms with Gasteiger partial charge in [-0.25, -0.2) is 0 Å². The SMILES string of the molecule is CC(CO)CNCCCC1CCCO1. The summed E-state index contributed by atoms with van der Waals surface area (Å²) in [6, 6.07) is 0. The number of ether oxygens (including phenoxy) is 1. The highest BCUT2D eigenvalue weighted by Crippen LogP contribution is 2.16. The third-order valence-corrected chi connectivity index (χ3v) is 2.71. The number of hydrogen-bond donors (Lipinski definition) is 2. The topological polar surface area (TPSA) is 41.5 Å². The van der Waals surface area contributed by atoms with Gasteiger partial charge in [0.25, 0.3) is 0 Å². The Bertz CT molecular complexity index is 135. The zero-order chi connectivity index (χ0) is 10.2.